The van der Waals surface area contributed by atoms with E-state index in [1.54, 1.807) is 6.33 Å². The van der Waals surface area contributed by atoms with Gasteiger partial charge in [0.2, 0.25) is 5.91 Å². The molecule has 2 unspecified atom stereocenters. The monoisotopic (exact) mass is 342 g/mol. The molecule has 0 aliphatic carbocycles. The molecule has 0 aromatic carbocycles. The van der Waals surface area contributed by atoms with E-state index in [4.69, 9.17) is 4.74 Å². The van der Waals surface area contributed by atoms with E-state index in [1.165, 1.54) is 0 Å². The first-order valence-electron chi connectivity index (χ1n) is 8.88. The van der Waals surface area contributed by atoms with E-state index in [-0.39, 0.29) is 18.1 Å². The number of likely N-dealkylation sites (N-methyl/N-ethyl adjacent to an activating group) is 1. The second-order valence-electron chi connectivity index (χ2n) is 7.65. The Bertz CT molecular complexity index is 835. The van der Waals surface area contributed by atoms with E-state index in [1.807, 2.05) is 23.4 Å². The smallest absolute Gasteiger partial charge is 0.254 e. The van der Waals surface area contributed by atoms with Gasteiger partial charge in [-0.1, -0.05) is 0 Å². The molecule has 2 aromatic heterocycles. The lowest BCUT2D eigenvalue weighted by Gasteiger charge is -2.50. The van der Waals surface area contributed by atoms with Gasteiger partial charge in [0.15, 0.2) is 0 Å². The molecule has 3 saturated heterocycles. The molecule has 0 radical (unpaired) electrons. The highest BCUT2D eigenvalue weighted by molar-refractivity contribution is 5.78. The van der Waals surface area contributed by atoms with Crippen molar-refractivity contribution in [2.24, 2.45) is 0 Å². The van der Waals surface area contributed by atoms with Crippen LogP contribution in [0, 0.1) is 6.92 Å². The predicted molar refractivity (Wildman–Crippen MR) is 90.4 cm³/mol. The number of morpholine rings is 1. The average molecular weight is 342 g/mol. The number of ether oxygens (including phenoxy) is 1. The molecule has 3 aliphatic heterocycles. The van der Waals surface area contributed by atoms with Crippen molar-refractivity contribution < 1.29 is 9.53 Å². The number of amides is 1. The molecule has 8 heteroatoms. The minimum absolute atomic E-state index is 0.0782. The number of carbonyl (C=O) groups is 1. The molecule has 0 saturated carbocycles. The highest BCUT2D eigenvalue weighted by Crippen LogP contribution is 2.45. The van der Waals surface area contributed by atoms with Crippen LogP contribution < -0.4 is 4.90 Å². The number of fused-ring (bicyclic) bond motifs is 3. The molecule has 8 nitrogen and oxygen atoms in total. The van der Waals surface area contributed by atoms with Crippen molar-refractivity contribution in [1.82, 2.24) is 24.5 Å². The molecule has 132 valence electrons. The standard InChI is InChI=1S/C17H22N6O2/c1-11-5-14(23-16(20-11)18-10-19-23)22-12-3-4-13(22)7-17(6-12)9-21(2)15(24)8-25-17/h5,10,12-13H,3-4,6-9H2,1-2H3. The third-order valence-corrected chi connectivity index (χ3v) is 5.91. The van der Waals surface area contributed by atoms with Crippen molar-refractivity contribution in [3.63, 3.8) is 0 Å². The number of anilines is 1. The zero-order valence-electron chi connectivity index (χ0n) is 14.6. The maximum absolute atomic E-state index is 11.8. The Kier molecular flexibility index (Phi) is 3.10. The van der Waals surface area contributed by atoms with Crippen LogP contribution >= 0.6 is 0 Å². The van der Waals surface area contributed by atoms with Crippen LogP contribution in [-0.2, 0) is 9.53 Å². The summed E-state index contributed by atoms with van der Waals surface area (Å²) in [4.78, 5) is 24.8. The van der Waals surface area contributed by atoms with Gasteiger partial charge in [-0.3, -0.25) is 4.79 Å². The minimum Gasteiger partial charge on any atom is -0.363 e. The second-order valence-corrected chi connectivity index (χ2v) is 7.65. The fourth-order valence-electron chi connectivity index (χ4n) is 4.91. The summed E-state index contributed by atoms with van der Waals surface area (Å²) in [6.45, 7) is 2.90. The Hall–Kier alpha value is -2.22. The van der Waals surface area contributed by atoms with Gasteiger partial charge in [-0.15, -0.1) is 0 Å². The van der Waals surface area contributed by atoms with Gasteiger partial charge in [0.05, 0.1) is 5.60 Å². The number of hydrogen-bond donors (Lipinski definition) is 0. The summed E-state index contributed by atoms with van der Waals surface area (Å²) in [5.41, 5.74) is 0.753. The lowest BCUT2D eigenvalue weighted by molar-refractivity contribution is -0.166. The van der Waals surface area contributed by atoms with Crippen LogP contribution in [0.25, 0.3) is 5.78 Å². The van der Waals surface area contributed by atoms with Crippen molar-refractivity contribution in [2.45, 2.75) is 50.3 Å². The van der Waals surface area contributed by atoms with Gasteiger partial charge in [0.1, 0.15) is 18.8 Å². The van der Waals surface area contributed by atoms with Gasteiger partial charge < -0.3 is 14.5 Å². The van der Waals surface area contributed by atoms with Gasteiger partial charge in [-0.25, -0.2) is 4.98 Å². The summed E-state index contributed by atoms with van der Waals surface area (Å²) in [6, 6.07) is 2.90. The van der Waals surface area contributed by atoms with E-state index in [0.717, 1.165) is 37.2 Å². The molecule has 1 spiro atoms. The van der Waals surface area contributed by atoms with Gasteiger partial charge in [-0.2, -0.15) is 14.6 Å². The van der Waals surface area contributed by atoms with Gasteiger partial charge in [-0.05, 0) is 32.6 Å². The number of rotatable bonds is 1. The van der Waals surface area contributed by atoms with Gasteiger partial charge in [0, 0.05) is 37.4 Å². The normalized spacial score (nSPS) is 32.2. The Morgan fingerprint density at radius 2 is 2.04 bits per heavy atom. The van der Waals surface area contributed by atoms with Crippen LogP contribution in [0.5, 0.6) is 0 Å². The van der Waals surface area contributed by atoms with Crippen LogP contribution in [-0.4, -0.2) is 68.3 Å². The Morgan fingerprint density at radius 1 is 1.28 bits per heavy atom. The number of nitrogens with zero attached hydrogens (tertiary/aromatic N) is 6. The van der Waals surface area contributed by atoms with E-state index < -0.39 is 0 Å². The highest BCUT2D eigenvalue weighted by Gasteiger charge is 2.52. The maximum Gasteiger partial charge on any atom is 0.254 e. The molecule has 2 atom stereocenters. The van der Waals surface area contributed by atoms with Crippen molar-refractivity contribution in [3.05, 3.63) is 18.1 Å². The van der Waals surface area contributed by atoms with Crippen LogP contribution in [0.2, 0.25) is 0 Å². The molecular formula is C17H22N6O2. The van der Waals surface area contributed by atoms with Gasteiger partial charge >= 0.3 is 0 Å². The molecular weight excluding hydrogens is 320 g/mol. The second kappa shape index (κ2) is 5.14. The molecule has 0 N–H and O–H groups in total. The molecule has 1 amide bonds. The Balaban J connectivity index is 1.50. The van der Waals surface area contributed by atoms with Crippen molar-refractivity contribution >= 4 is 17.5 Å². The summed E-state index contributed by atoms with van der Waals surface area (Å²) in [5.74, 6) is 1.80. The van der Waals surface area contributed by atoms with Gasteiger partial charge in [0.25, 0.3) is 5.78 Å². The van der Waals surface area contributed by atoms with Crippen LogP contribution in [0.15, 0.2) is 12.4 Å². The first-order chi connectivity index (χ1) is 12.0. The predicted octanol–water partition coefficient (Wildman–Crippen LogP) is 0.791. The zero-order chi connectivity index (χ0) is 17.2. The van der Waals surface area contributed by atoms with Crippen molar-refractivity contribution in [1.29, 1.82) is 0 Å². The average Bonchev–Trinajstić information content (AvgIpc) is 3.14. The molecule has 3 fully saturated rings. The largest absolute Gasteiger partial charge is 0.363 e. The summed E-state index contributed by atoms with van der Waals surface area (Å²) in [7, 11) is 1.88. The number of piperidine rings is 1. The minimum atomic E-state index is -0.200. The maximum atomic E-state index is 11.8. The molecule has 5 heterocycles. The fourth-order valence-corrected chi connectivity index (χ4v) is 4.91. The first kappa shape index (κ1) is 15.1. The zero-order valence-corrected chi connectivity index (χ0v) is 14.6. The summed E-state index contributed by atoms with van der Waals surface area (Å²) < 4.78 is 7.93. The third kappa shape index (κ3) is 2.23. The van der Waals surface area contributed by atoms with E-state index in [2.05, 4.69) is 26.0 Å². The SMILES string of the molecule is Cc1cc(N2C3CCC2CC2(C3)CN(C)C(=O)CO2)n2ncnc2n1. The van der Waals surface area contributed by atoms with Crippen molar-refractivity contribution in [3.8, 4) is 0 Å². The number of aromatic nitrogens is 4. The van der Waals surface area contributed by atoms with E-state index in [0.29, 0.717) is 24.4 Å². The lowest BCUT2D eigenvalue weighted by atomic mass is 9.84. The summed E-state index contributed by atoms with van der Waals surface area (Å²) in [5, 5.41) is 4.37. The molecule has 3 aliphatic rings. The highest BCUT2D eigenvalue weighted by atomic mass is 16.5. The summed E-state index contributed by atoms with van der Waals surface area (Å²) >= 11 is 0. The lowest BCUT2D eigenvalue weighted by Crippen LogP contribution is -2.61. The topological polar surface area (TPSA) is 75.9 Å². The van der Waals surface area contributed by atoms with Crippen LogP contribution in [0.3, 0.4) is 0 Å². The van der Waals surface area contributed by atoms with Crippen LogP contribution in [0.1, 0.15) is 31.4 Å². The molecule has 2 aromatic rings. The fraction of sp³-hybridized carbons (Fsp3) is 0.647. The number of aryl methyl sites for hydroxylation is 1. The van der Waals surface area contributed by atoms with E-state index in [9.17, 15) is 4.79 Å². The quantitative estimate of drug-likeness (QED) is 0.763. The molecule has 5 rings (SSSR count). The van der Waals surface area contributed by atoms with Crippen molar-refractivity contribution in [2.75, 3.05) is 25.1 Å². The first-order valence-corrected chi connectivity index (χ1v) is 8.88. The molecule has 2 bridgehead atoms. The third-order valence-electron chi connectivity index (χ3n) is 5.91. The Labute approximate surface area is 145 Å². The van der Waals surface area contributed by atoms with Crippen LogP contribution in [0.4, 0.5) is 5.82 Å². The number of carbonyl (C=O) groups excluding carboxylic acids is 1. The summed E-state index contributed by atoms with van der Waals surface area (Å²) in [6.07, 6.45) is 5.73. The Morgan fingerprint density at radius 3 is 2.76 bits per heavy atom. The van der Waals surface area contributed by atoms with E-state index >= 15 is 0 Å². The molecule has 25 heavy (non-hydrogen) atoms. The number of hydrogen-bond acceptors (Lipinski definition) is 6.